The molecule has 3 heteroatoms. The number of hydrogen-bond donors (Lipinski definition) is 1. The van der Waals surface area contributed by atoms with Crippen LogP contribution in [0.3, 0.4) is 0 Å². The largest absolute Gasteiger partial charge is 0.338 e. The molecule has 0 unspecified atom stereocenters. The summed E-state index contributed by atoms with van der Waals surface area (Å²) in [5.41, 5.74) is 8.03. The Balaban J connectivity index is 1.92. The molecule has 0 radical (unpaired) electrons. The molecule has 0 atom stereocenters. The molecule has 1 heterocycles. The molecule has 1 aromatic heterocycles. The van der Waals surface area contributed by atoms with Gasteiger partial charge in [0.1, 0.15) is 5.82 Å². The van der Waals surface area contributed by atoms with Gasteiger partial charge >= 0.3 is 0 Å². The summed E-state index contributed by atoms with van der Waals surface area (Å²) in [4.78, 5) is 8.36. The highest BCUT2D eigenvalue weighted by Gasteiger charge is 2.12. The summed E-state index contributed by atoms with van der Waals surface area (Å²) in [6.07, 6.45) is 0. The van der Waals surface area contributed by atoms with Gasteiger partial charge in [-0.3, -0.25) is 0 Å². The third-order valence-corrected chi connectivity index (χ3v) is 5.27. The Bertz CT molecular complexity index is 1050. The molecule has 0 amide bonds. The van der Waals surface area contributed by atoms with E-state index in [0.29, 0.717) is 0 Å². The van der Waals surface area contributed by atoms with Gasteiger partial charge in [0, 0.05) is 15.6 Å². The molecule has 0 saturated carbocycles. The van der Waals surface area contributed by atoms with Gasteiger partial charge in [-0.05, 0) is 48.7 Å². The maximum absolute atomic E-state index is 4.90. The first-order chi connectivity index (χ1) is 11.6. The fraction of sp³-hybridized carbons (Fsp3) is 0.0952. The van der Waals surface area contributed by atoms with E-state index in [2.05, 4.69) is 95.4 Å². The van der Waals surface area contributed by atoms with Gasteiger partial charge in [-0.25, -0.2) is 4.98 Å². The van der Waals surface area contributed by atoms with Crippen molar-refractivity contribution in [2.45, 2.75) is 13.8 Å². The zero-order chi connectivity index (χ0) is 16.7. The Labute approximate surface area is 149 Å². The fourth-order valence-electron chi connectivity index (χ4n) is 3.05. The molecule has 3 aromatic carbocycles. The second-order valence-electron chi connectivity index (χ2n) is 6.07. The number of H-pyrrole nitrogens is 1. The molecule has 0 spiro atoms. The second kappa shape index (κ2) is 5.91. The van der Waals surface area contributed by atoms with E-state index in [0.717, 1.165) is 26.9 Å². The van der Waals surface area contributed by atoms with Gasteiger partial charge in [0.05, 0.1) is 11.0 Å². The minimum atomic E-state index is 0.904. The van der Waals surface area contributed by atoms with Gasteiger partial charge < -0.3 is 4.98 Å². The molecule has 0 saturated heterocycles. The van der Waals surface area contributed by atoms with E-state index in [9.17, 15) is 0 Å². The summed E-state index contributed by atoms with van der Waals surface area (Å²) in [5.74, 6) is 0.904. The van der Waals surface area contributed by atoms with E-state index in [4.69, 9.17) is 4.98 Å². The van der Waals surface area contributed by atoms with Crippen molar-refractivity contribution < 1.29 is 0 Å². The molecule has 4 aromatic rings. The smallest absolute Gasteiger partial charge is 0.138 e. The maximum Gasteiger partial charge on any atom is 0.138 e. The summed E-state index contributed by atoms with van der Waals surface area (Å²) in [6.45, 7) is 4.23. The molecule has 1 N–H and O–H groups in total. The number of halogens is 1. The minimum absolute atomic E-state index is 0.904. The Kier molecular flexibility index (Phi) is 3.73. The van der Waals surface area contributed by atoms with Crippen LogP contribution in [-0.2, 0) is 0 Å². The molecule has 0 fully saturated rings. The number of aromatic nitrogens is 2. The topological polar surface area (TPSA) is 28.7 Å². The quantitative estimate of drug-likeness (QED) is 0.438. The first-order valence-corrected chi connectivity index (χ1v) is 8.74. The van der Waals surface area contributed by atoms with Gasteiger partial charge in [0.25, 0.3) is 0 Å². The zero-order valence-corrected chi connectivity index (χ0v) is 15.2. The maximum atomic E-state index is 4.90. The summed E-state index contributed by atoms with van der Waals surface area (Å²) >= 11 is 3.56. The Hall–Kier alpha value is -2.39. The van der Waals surface area contributed by atoms with E-state index >= 15 is 0 Å². The van der Waals surface area contributed by atoms with E-state index in [1.807, 2.05) is 0 Å². The van der Waals surface area contributed by atoms with Crippen LogP contribution in [0.25, 0.3) is 33.5 Å². The number of nitrogens with one attached hydrogen (secondary N) is 1. The monoisotopic (exact) mass is 376 g/mol. The fourth-order valence-corrected chi connectivity index (χ4v) is 3.30. The third kappa shape index (κ3) is 2.55. The number of imidazole rings is 1. The highest BCUT2D eigenvalue weighted by Crippen LogP contribution is 2.32. The standard InChI is InChI=1S/C21H17BrN2/c1-13-6-3-4-7-16(13)17-8-5-9-19-20(17)24-21(23-19)15-10-11-18(22)14(2)12-15/h3-12H,1-2H3,(H,23,24). The minimum Gasteiger partial charge on any atom is -0.338 e. The molecule has 0 bridgehead atoms. The Morgan fingerprint density at radius 3 is 2.42 bits per heavy atom. The Morgan fingerprint density at radius 1 is 0.833 bits per heavy atom. The molecule has 0 aliphatic heterocycles. The van der Waals surface area contributed by atoms with Crippen LogP contribution in [0.1, 0.15) is 11.1 Å². The first-order valence-electron chi connectivity index (χ1n) is 7.95. The van der Waals surface area contributed by atoms with Crippen LogP contribution < -0.4 is 0 Å². The van der Waals surface area contributed by atoms with Crippen LogP contribution in [0.5, 0.6) is 0 Å². The van der Waals surface area contributed by atoms with Crippen molar-refractivity contribution >= 4 is 27.0 Å². The number of rotatable bonds is 2. The molecule has 4 rings (SSSR count). The summed E-state index contributed by atoms with van der Waals surface area (Å²) in [6, 6.07) is 21.0. The van der Waals surface area contributed by atoms with Gasteiger partial charge in [-0.2, -0.15) is 0 Å². The molecule has 2 nitrogen and oxygen atoms in total. The second-order valence-corrected chi connectivity index (χ2v) is 6.92. The number of para-hydroxylation sites is 1. The van der Waals surface area contributed by atoms with Gasteiger partial charge in [0.2, 0.25) is 0 Å². The van der Waals surface area contributed by atoms with Gasteiger partial charge in [0.15, 0.2) is 0 Å². The SMILES string of the molecule is Cc1cc(-c2nc3c(-c4ccccc4C)cccc3[nH]2)ccc1Br. The zero-order valence-electron chi connectivity index (χ0n) is 13.6. The molecule has 118 valence electrons. The van der Waals surface area contributed by atoms with E-state index in [1.165, 1.54) is 22.3 Å². The van der Waals surface area contributed by atoms with E-state index in [1.54, 1.807) is 0 Å². The number of hydrogen-bond acceptors (Lipinski definition) is 1. The third-order valence-electron chi connectivity index (χ3n) is 4.38. The van der Waals surface area contributed by atoms with Crippen LogP contribution in [0.4, 0.5) is 0 Å². The number of fused-ring (bicyclic) bond motifs is 1. The lowest BCUT2D eigenvalue weighted by Gasteiger charge is -2.06. The average Bonchev–Trinajstić information content (AvgIpc) is 3.02. The number of nitrogens with zero attached hydrogens (tertiary/aromatic N) is 1. The van der Waals surface area contributed by atoms with Crippen molar-refractivity contribution in [2.75, 3.05) is 0 Å². The molecule has 0 aliphatic rings. The van der Waals surface area contributed by atoms with Crippen molar-refractivity contribution in [3.05, 3.63) is 76.3 Å². The summed E-state index contributed by atoms with van der Waals surface area (Å²) in [7, 11) is 0. The first kappa shape index (κ1) is 15.2. The van der Waals surface area contributed by atoms with Crippen LogP contribution in [0.15, 0.2) is 65.1 Å². The molecular weight excluding hydrogens is 360 g/mol. The number of aromatic amines is 1. The Morgan fingerprint density at radius 2 is 1.62 bits per heavy atom. The molecule has 0 aliphatic carbocycles. The van der Waals surface area contributed by atoms with E-state index < -0.39 is 0 Å². The lowest BCUT2D eigenvalue weighted by atomic mass is 9.99. The van der Waals surface area contributed by atoms with Gasteiger partial charge in [-0.1, -0.05) is 58.4 Å². The van der Waals surface area contributed by atoms with Crippen molar-refractivity contribution in [3.63, 3.8) is 0 Å². The van der Waals surface area contributed by atoms with Crippen LogP contribution in [0.2, 0.25) is 0 Å². The van der Waals surface area contributed by atoms with Crippen LogP contribution in [0, 0.1) is 13.8 Å². The van der Waals surface area contributed by atoms with Crippen molar-refractivity contribution in [1.29, 1.82) is 0 Å². The van der Waals surface area contributed by atoms with Crippen molar-refractivity contribution in [3.8, 4) is 22.5 Å². The number of benzene rings is 3. The summed E-state index contributed by atoms with van der Waals surface area (Å²) in [5, 5.41) is 0. The predicted molar refractivity (Wildman–Crippen MR) is 104 cm³/mol. The lowest BCUT2D eigenvalue weighted by Crippen LogP contribution is -1.85. The summed E-state index contributed by atoms with van der Waals surface area (Å²) < 4.78 is 1.11. The van der Waals surface area contributed by atoms with E-state index in [-0.39, 0.29) is 0 Å². The van der Waals surface area contributed by atoms with Gasteiger partial charge in [-0.15, -0.1) is 0 Å². The average molecular weight is 377 g/mol. The van der Waals surface area contributed by atoms with Crippen molar-refractivity contribution in [1.82, 2.24) is 9.97 Å². The highest BCUT2D eigenvalue weighted by molar-refractivity contribution is 9.10. The normalized spacial score (nSPS) is 11.1. The number of aryl methyl sites for hydroxylation is 2. The molecular formula is C21H17BrN2. The predicted octanol–water partition coefficient (Wildman–Crippen LogP) is 6.28. The highest BCUT2D eigenvalue weighted by atomic mass is 79.9. The molecule has 24 heavy (non-hydrogen) atoms. The lowest BCUT2D eigenvalue weighted by molar-refractivity contribution is 1.32. The van der Waals surface area contributed by atoms with Crippen molar-refractivity contribution in [2.24, 2.45) is 0 Å². The van der Waals surface area contributed by atoms with Crippen LogP contribution in [-0.4, -0.2) is 9.97 Å². The van der Waals surface area contributed by atoms with Crippen LogP contribution >= 0.6 is 15.9 Å².